The first-order chi connectivity index (χ1) is 16.3. The van der Waals surface area contributed by atoms with E-state index >= 15 is 0 Å². The first-order valence-corrected chi connectivity index (χ1v) is 11.3. The topological polar surface area (TPSA) is 148 Å². The van der Waals surface area contributed by atoms with Gasteiger partial charge in [-0.3, -0.25) is 10.2 Å². The minimum Gasteiger partial charge on any atom is -0.497 e. The predicted molar refractivity (Wildman–Crippen MR) is 119 cm³/mol. The number of ether oxygens (including phenoxy) is 2. The molecule has 0 bridgehead atoms. The standard InChI is InChI=1S/C21H20N6O6S/c1-14-10-19-23-12-18(33-21(28)25-29)20(27(19)24-14)26(13-15-4-3-9-22-11-15)34(30,31)17-7-5-16(32-2)6-8-17/h3-12,29H,13H2,1-2H3,(H,25,28). The van der Waals surface area contributed by atoms with E-state index in [2.05, 4.69) is 15.1 Å². The van der Waals surface area contributed by atoms with E-state index in [4.69, 9.17) is 14.7 Å². The lowest BCUT2D eigenvalue weighted by molar-refractivity contribution is 0.127. The average molecular weight is 484 g/mol. The summed E-state index contributed by atoms with van der Waals surface area (Å²) < 4.78 is 40.3. The molecule has 1 amide bonds. The number of benzene rings is 1. The van der Waals surface area contributed by atoms with Crippen molar-refractivity contribution >= 4 is 27.6 Å². The van der Waals surface area contributed by atoms with E-state index < -0.39 is 16.1 Å². The number of carbonyl (C=O) groups excluding carboxylic acids is 1. The first-order valence-electron chi connectivity index (χ1n) is 9.86. The number of pyridine rings is 1. The van der Waals surface area contributed by atoms with Crippen LogP contribution in [-0.2, 0) is 16.6 Å². The van der Waals surface area contributed by atoms with Crippen molar-refractivity contribution in [2.24, 2.45) is 0 Å². The number of anilines is 1. The molecule has 0 aliphatic heterocycles. The number of hydroxylamine groups is 1. The molecule has 0 spiro atoms. The zero-order valence-electron chi connectivity index (χ0n) is 18.1. The number of amides is 1. The van der Waals surface area contributed by atoms with Gasteiger partial charge in [0, 0.05) is 18.5 Å². The van der Waals surface area contributed by atoms with Crippen LogP contribution in [0.15, 0.2) is 66.0 Å². The number of nitrogens with one attached hydrogen (secondary N) is 1. The third-order valence-corrected chi connectivity index (χ3v) is 6.52. The molecule has 34 heavy (non-hydrogen) atoms. The number of aryl methyl sites for hydroxylation is 1. The smallest absolute Gasteiger partial charge is 0.436 e. The Morgan fingerprint density at radius 3 is 2.62 bits per heavy atom. The minimum absolute atomic E-state index is 0.0383. The van der Waals surface area contributed by atoms with E-state index in [9.17, 15) is 13.2 Å². The maximum atomic E-state index is 13.9. The Kier molecular flexibility index (Phi) is 6.30. The fourth-order valence-electron chi connectivity index (χ4n) is 3.25. The summed E-state index contributed by atoms with van der Waals surface area (Å²) in [6.45, 7) is 1.54. The second-order valence-electron chi connectivity index (χ2n) is 7.05. The largest absolute Gasteiger partial charge is 0.497 e. The Labute approximate surface area is 194 Å². The van der Waals surface area contributed by atoms with Gasteiger partial charge in [-0.2, -0.15) is 9.61 Å². The van der Waals surface area contributed by atoms with Gasteiger partial charge in [0.2, 0.25) is 0 Å². The van der Waals surface area contributed by atoms with Crippen LogP contribution in [0.4, 0.5) is 10.6 Å². The molecule has 0 aliphatic rings. The van der Waals surface area contributed by atoms with Gasteiger partial charge in [0.1, 0.15) is 5.75 Å². The van der Waals surface area contributed by atoms with E-state index in [1.807, 2.05) is 0 Å². The van der Waals surface area contributed by atoms with Gasteiger partial charge in [-0.15, -0.1) is 0 Å². The summed E-state index contributed by atoms with van der Waals surface area (Å²) >= 11 is 0. The van der Waals surface area contributed by atoms with E-state index in [0.29, 0.717) is 22.7 Å². The molecule has 4 aromatic rings. The normalized spacial score (nSPS) is 11.3. The summed E-state index contributed by atoms with van der Waals surface area (Å²) in [5.74, 6) is 0.139. The molecule has 2 N–H and O–H groups in total. The summed E-state index contributed by atoms with van der Waals surface area (Å²) in [6.07, 6.45) is 3.04. The van der Waals surface area contributed by atoms with Crippen molar-refractivity contribution in [3.63, 3.8) is 0 Å². The molecule has 176 valence electrons. The summed E-state index contributed by atoms with van der Waals surface area (Å²) in [7, 11) is -2.76. The van der Waals surface area contributed by atoms with Crippen LogP contribution >= 0.6 is 0 Å². The number of rotatable bonds is 7. The second kappa shape index (κ2) is 9.33. The van der Waals surface area contributed by atoms with Crippen molar-refractivity contribution in [2.75, 3.05) is 11.4 Å². The highest BCUT2D eigenvalue weighted by molar-refractivity contribution is 7.92. The predicted octanol–water partition coefficient (Wildman–Crippen LogP) is 2.31. The molecule has 0 unspecified atom stereocenters. The number of aromatic nitrogens is 4. The average Bonchev–Trinajstić information content (AvgIpc) is 3.23. The molecule has 13 heteroatoms. The molecule has 0 saturated heterocycles. The van der Waals surface area contributed by atoms with E-state index in [-0.39, 0.29) is 23.0 Å². The second-order valence-corrected chi connectivity index (χ2v) is 8.91. The molecule has 0 fully saturated rings. The van der Waals surface area contributed by atoms with Crippen molar-refractivity contribution in [1.82, 2.24) is 25.1 Å². The van der Waals surface area contributed by atoms with Crippen LogP contribution in [0.1, 0.15) is 11.3 Å². The third kappa shape index (κ3) is 4.46. The Balaban J connectivity index is 1.96. The number of carbonyl (C=O) groups is 1. The van der Waals surface area contributed by atoms with Crippen LogP contribution in [0.25, 0.3) is 5.65 Å². The summed E-state index contributed by atoms with van der Waals surface area (Å²) in [4.78, 5) is 20.0. The van der Waals surface area contributed by atoms with Crippen LogP contribution in [0.5, 0.6) is 11.5 Å². The van der Waals surface area contributed by atoms with Gasteiger partial charge in [0.15, 0.2) is 17.2 Å². The fourth-order valence-corrected chi connectivity index (χ4v) is 4.70. The molecule has 3 aromatic heterocycles. The van der Waals surface area contributed by atoms with Gasteiger partial charge in [-0.25, -0.2) is 28.0 Å². The molecule has 12 nitrogen and oxygen atoms in total. The van der Waals surface area contributed by atoms with Crippen molar-refractivity contribution in [3.8, 4) is 11.5 Å². The van der Waals surface area contributed by atoms with E-state index in [0.717, 1.165) is 4.31 Å². The van der Waals surface area contributed by atoms with Gasteiger partial charge in [0.05, 0.1) is 30.4 Å². The van der Waals surface area contributed by atoms with Crippen molar-refractivity contribution in [2.45, 2.75) is 18.4 Å². The number of sulfonamides is 1. The van der Waals surface area contributed by atoms with Gasteiger partial charge >= 0.3 is 6.09 Å². The molecule has 3 heterocycles. The molecule has 0 atom stereocenters. The number of nitrogens with zero attached hydrogens (tertiary/aromatic N) is 5. The molecule has 0 aliphatic carbocycles. The lowest BCUT2D eigenvalue weighted by Gasteiger charge is -2.26. The quantitative estimate of drug-likeness (QED) is 0.298. The lowest BCUT2D eigenvalue weighted by Crippen LogP contribution is -2.34. The third-order valence-electron chi connectivity index (χ3n) is 4.77. The van der Waals surface area contributed by atoms with E-state index in [1.165, 1.54) is 53.8 Å². The summed E-state index contributed by atoms with van der Waals surface area (Å²) in [5, 5.41) is 13.3. The van der Waals surface area contributed by atoms with E-state index in [1.54, 1.807) is 31.3 Å². The Morgan fingerprint density at radius 1 is 1.21 bits per heavy atom. The molecular formula is C21H20N6O6S. The highest BCUT2D eigenvalue weighted by Gasteiger charge is 2.32. The maximum Gasteiger partial charge on any atom is 0.436 e. The monoisotopic (exact) mass is 484 g/mol. The number of hydrogen-bond donors (Lipinski definition) is 2. The molecule has 4 rings (SSSR count). The van der Waals surface area contributed by atoms with Crippen LogP contribution in [0, 0.1) is 6.92 Å². The Morgan fingerprint density at radius 2 is 1.97 bits per heavy atom. The van der Waals surface area contributed by atoms with Crippen molar-refractivity contribution in [3.05, 3.63) is 72.3 Å². The van der Waals surface area contributed by atoms with Gasteiger partial charge in [-0.1, -0.05) is 6.07 Å². The zero-order chi connectivity index (χ0) is 24.3. The summed E-state index contributed by atoms with van der Waals surface area (Å²) in [6, 6.07) is 10.9. The number of fused-ring (bicyclic) bond motifs is 1. The van der Waals surface area contributed by atoms with Crippen LogP contribution < -0.4 is 19.3 Å². The van der Waals surface area contributed by atoms with Crippen LogP contribution in [0.3, 0.4) is 0 Å². The first kappa shape index (κ1) is 22.9. The van der Waals surface area contributed by atoms with Gasteiger partial charge in [0.25, 0.3) is 10.0 Å². The maximum absolute atomic E-state index is 13.9. The summed E-state index contributed by atoms with van der Waals surface area (Å²) in [5.41, 5.74) is 2.80. The van der Waals surface area contributed by atoms with Gasteiger partial charge < -0.3 is 9.47 Å². The highest BCUT2D eigenvalue weighted by atomic mass is 32.2. The molecule has 0 saturated carbocycles. The Bertz CT molecular complexity index is 1420. The number of methoxy groups -OCH3 is 1. The van der Waals surface area contributed by atoms with Crippen molar-refractivity contribution in [1.29, 1.82) is 0 Å². The number of hydrogen-bond acceptors (Lipinski definition) is 9. The fraction of sp³-hybridized carbons (Fsp3) is 0.143. The lowest BCUT2D eigenvalue weighted by atomic mass is 10.3. The van der Waals surface area contributed by atoms with Gasteiger partial charge in [-0.05, 0) is 42.8 Å². The van der Waals surface area contributed by atoms with Crippen LogP contribution in [-0.4, -0.2) is 46.4 Å². The molecule has 1 aromatic carbocycles. The molecule has 0 radical (unpaired) electrons. The minimum atomic E-state index is -4.24. The highest BCUT2D eigenvalue weighted by Crippen LogP contribution is 2.34. The Hall–Kier alpha value is -4.23. The van der Waals surface area contributed by atoms with Crippen LogP contribution in [0.2, 0.25) is 0 Å². The SMILES string of the molecule is COc1ccc(S(=O)(=O)N(Cc2cccnc2)c2c(OC(=O)NO)cnc3cc(C)nn23)cc1. The zero-order valence-corrected chi connectivity index (χ0v) is 18.9. The molecular weight excluding hydrogens is 464 g/mol. The van der Waals surface area contributed by atoms with Crippen molar-refractivity contribution < 1.29 is 27.9 Å².